The van der Waals surface area contributed by atoms with Crippen LogP contribution in [0.15, 0.2) is 54.1 Å². The zero-order chi connectivity index (χ0) is 23.3. The fourth-order valence-electron chi connectivity index (χ4n) is 3.56. The van der Waals surface area contributed by atoms with Crippen LogP contribution in [0.1, 0.15) is 30.5 Å². The number of hydrogen-bond donors (Lipinski definition) is 1. The number of non-ortho nitro benzene ring substituents is 1. The molecule has 168 valence electrons. The molecule has 9 heteroatoms. The number of aliphatic hydroxyl groups is 1. The van der Waals surface area contributed by atoms with Crippen LogP contribution >= 0.6 is 0 Å². The number of aliphatic hydroxyl groups excluding tert-OH is 1. The van der Waals surface area contributed by atoms with Gasteiger partial charge < -0.3 is 19.5 Å². The number of Topliss-reactive ketones (excluding diaryl/α,β-unsaturated/α-hetero) is 1. The summed E-state index contributed by atoms with van der Waals surface area (Å²) in [7, 11) is 1.48. The summed E-state index contributed by atoms with van der Waals surface area (Å²) in [6.45, 7) is 2.79. The molecule has 3 rings (SSSR count). The minimum atomic E-state index is -0.894. The Morgan fingerprint density at radius 1 is 1.16 bits per heavy atom. The van der Waals surface area contributed by atoms with Crippen molar-refractivity contribution < 1.29 is 29.1 Å². The molecule has 1 atom stereocenters. The highest BCUT2D eigenvalue weighted by atomic mass is 16.6. The smallest absolute Gasteiger partial charge is 0.295 e. The van der Waals surface area contributed by atoms with Crippen molar-refractivity contribution >= 4 is 23.1 Å². The third kappa shape index (κ3) is 4.62. The zero-order valence-corrected chi connectivity index (χ0v) is 17.8. The van der Waals surface area contributed by atoms with Gasteiger partial charge in [0.15, 0.2) is 0 Å². The van der Waals surface area contributed by atoms with Gasteiger partial charge in [0.2, 0.25) is 0 Å². The lowest BCUT2D eigenvalue weighted by Crippen LogP contribution is -2.32. The first-order chi connectivity index (χ1) is 15.4. The van der Waals surface area contributed by atoms with Gasteiger partial charge in [-0.25, -0.2) is 0 Å². The summed E-state index contributed by atoms with van der Waals surface area (Å²) in [6, 6.07) is 11.4. The third-order valence-electron chi connectivity index (χ3n) is 5.05. The summed E-state index contributed by atoms with van der Waals surface area (Å²) >= 11 is 0. The highest BCUT2D eigenvalue weighted by Gasteiger charge is 2.46. The van der Waals surface area contributed by atoms with Gasteiger partial charge in [-0.1, -0.05) is 31.2 Å². The molecule has 1 N–H and O–H groups in total. The van der Waals surface area contributed by atoms with Crippen molar-refractivity contribution in [2.75, 3.05) is 26.9 Å². The number of hydrogen-bond acceptors (Lipinski definition) is 7. The molecule has 2 aromatic carbocycles. The van der Waals surface area contributed by atoms with Gasteiger partial charge in [0, 0.05) is 31.4 Å². The molecule has 0 aromatic heterocycles. The van der Waals surface area contributed by atoms with Gasteiger partial charge in [0.25, 0.3) is 17.4 Å². The van der Waals surface area contributed by atoms with E-state index >= 15 is 0 Å². The molecule has 0 spiro atoms. The van der Waals surface area contributed by atoms with E-state index < -0.39 is 28.4 Å². The normalized spacial score (nSPS) is 17.6. The van der Waals surface area contributed by atoms with E-state index in [1.807, 2.05) is 6.92 Å². The van der Waals surface area contributed by atoms with Crippen LogP contribution in [0.5, 0.6) is 5.75 Å². The molecule has 1 unspecified atom stereocenters. The number of carbonyl (C=O) groups is 2. The predicted molar refractivity (Wildman–Crippen MR) is 116 cm³/mol. The maximum Gasteiger partial charge on any atom is 0.295 e. The maximum absolute atomic E-state index is 12.9. The first-order valence-electron chi connectivity index (χ1n) is 10.1. The van der Waals surface area contributed by atoms with Crippen molar-refractivity contribution in [1.82, 2.24) is 4.90 Å². The molecular weight excluding hydrogens is 416 g/mol. The summed E-state index contributed by atoms with van der Waals surface area (Å²) in [5.41, 5.74) is 0.265. The van der Waals surface area contributed by atoms with Gasteiger partial charge in [-0.05, 0) is 24.1 Å². The lowest BCUT2D eigenvalue weighted by atomic mass is 9.95. The van der Waals surface area contributed by atoms with Crippen LogP contribution in [0.25, 0.3) is 5.76 Å². The SMILES string of the molecule is CCCOc1cccc(C2/C(=C(/O)c3cccc([N+](=O)[O-])c3)C(=O)C(=O)N2CCOC)c1. The van der Waals surface area contributed by atoms with Gasteiger partial charge in [-0.3, -0.25) is 19.7 Å². The molecule has 0 saturated carbocycles. The van der Waals surface area contributed by atoms with E-state index in [-0.39, 0.29) is 30.0 Å². The Labute approximate surface area is 185 Å². The Morgan fingerprint density at radius 2 is 1.91 bits per heavy atom. The summed E-state index contributed by atoms with van der Waals surface area (Å²) < 4.78 is 10.8. The number of nitro benzene ring substituents is 1. The number of methoxy groups -OCH3 is 1. The van der Waals surface area contributed by atoms with Crippen molar-refractivity contribution in [1.29, 1.82) is 0 Å². The second-order valence-corrected chi connectivity index (χ2v) is 7.21. The number of rotatable bonds is 9. The van der Waals surface area contributed by atoms with Crippen molar-refractivity contribution in [3.8, 4) is 5.75 Å². The molecule has 1 amide bonds. The number of ketones is 1. The van der Waals surface area contributed by atoms with Gasteiger partial charge >= 0.3 is 0 Å². The average molecular weight is 440 g/mol. The number of nitrogens with zero attached hydrogens (tertiary/aromatic N) is 2. The molecule has 32 heavy (non-hydrogen) atoms. The minimum absolute atomic E-state index is 0.0762. The Hall–Kier alpha value is -3.72. The van der Waals surface area contributed by atoms with E-state index in [4.69, 9.17) is 9.47 Å². The lowest BCUT2D eigenvalue weighted by molar-refractivity contribution is -0.384. The standard InChI is InChI=1S/C23H24N2O7/c1-3-11-32-18-9-5-6-15(14-18)20-19(22(27)23(28)24(20)10-12-31-2)21(26)16-7-4-8-17(13-16)25(29)30/h4-9,13-14,20,26H,3,10-12H2,1-2H3/b21-19-. The molecule has 2 aromatic rings. The topological polar surface area (TPSA) is 119 Å². The Bertz CT molecular complexity index is 1060. The quantitative estimate of drug-likeness (QED) is 0.208. The van der Waals surface area contributed by atoms with E-state index in [1.54, 1.807) is 24.3 Å². The van der Waals surface area contributed by atoms with Crippen molar-refractivity contribution in [3.05, 3.63) is 75.3 Å². The summed E-state index contributed by atoms with van der Waals surface area (Å²) in [5.74, 6) is -1.55. The molecule has 9 nitrogen and oxygen atoms in total. The number of likely N-dealkylation sites (tertiary alicyclic amines) is 1. The van der Waals surface area contributed by atoms with Crippen molar-refractivity contribution in [2.45, 2.75) is 19.4 Å². The molecular formula is C23H24N2O7. The van der Waals surface area contributed by atoms with Crippen LogP contribution in [0.3, 0.4) is 0 Å². The van der Waals surface area contributed by atoms with E-state index in [1.165, 1.54) is 30.2 Å². The van der Waals surface area contributed by atoms with Gasteiger partial charge in [0.05, 0.1) is 29.8 Å². The fraction of sp³-hybridized carbons (Fsp3) is 0.304. The van der Waals surface area contributed by atoms with Crippen LogP contribution in [-0.2, 0) is 14.3 Å². The Balaban J connectivity index is 2.15. The van der Waals surface area contributed by atoms with Crippen LogP contribution in [0.4, 0.5) is 5.69 Å². The Morgan fingerprint density at radius 3 is 2.59 bits per heavy atom. The van der Waals surface area contributed by atoms with E-state index in [0.29, 0.717) is 17.9 Å². The van der Waals surface area contributed by atoms with E-state index in [0.717, 1.165) is 12.5 Å². The molecule has 0 aliphatic carbocycles. The van der Waals surface area contributed by atoms with Crippen molar-refractivity contribution in [3.63, 3.8) is 0 Å². The largest absolute Gasteiger partial charge is 0.507 e. The van der Waals surface area contributed by atoms with E-state index in [2.05, 4.69) is 0 Å². The number of nitro groups is 1. The Kier molecular flexibility index (Phi) is 7.21. The predicted octanol–water partition coefficient (Wildman–Crippen LogP) is 3.45. The van der Waals surface area contributed by atoms with E-state index in [9.17, 15) is 24.8 Å². The molecule has 1 saturated heterocycles. The summed E-state index contributed by atoms with van der Waals surface area (Å²) in [5, 5.41) is 22.1. The first-order valence-corrected chi connectivity index (χ1v) is 10.1. The van der Waals surface area contributed by atoms with Crippen LogP contribution in [-0.4, -0.2) is 53.5 Å². The molecule has 1 aliphatic heterocycles. The van der Waals surface area contributed by atoms with Crippen LogP contribution in [0.2, 0.25) is 0 Å². The van der Waals surface area contributed by atoms with Gasteiger partial charge in [-0.15, -0.1) is 0 Å². The summed E-state index contributed by atoms with van der Waals surface area (Å²) in [6.07, 6.45) is 0.809. The zero-order valence-electron chi connectivity index (χ0n) is 17.8. The minimum Gasteiger partial charge on any atom is -0.507 e. The first kappa shape index (κ1) is 23.0. The molecule has 1 fully saturated rings. The molecule has 0 radical (unpaired) electrons. The third-order valence-corrected chi connectivity index (χ3v) is 5.05. The number of ether oxygens (including phenoxy) is 2. The van der Waals surface area contributed by atoms with Gasteiger partial charge in [0.1, 0.15) is 11.5 Å². The number of carbonyl (C=O) groups excluding carboxylic acids is 2. The molecule has 1 heterocycles. The number of amides is 1. The summed E-state index contributed by atoms with van der Waals surface area (Å²) in [4.78, 5) is 37.6. The highest BCUT2D eigenvalue weighted by Crippen LogP contribution is 2.40. The average Bonchev–Trinajstić information content (AvgIpc) is 3.06. The lowest BCUT2D eigenvalue weighted by Gasteiger charge is -2.25. The number of benzene rings is 2. The fourth-order valence-corrected chi connectivity index (χ4v) is 3.56. The van der Waals surface area contributed by atoms with Crippen molar-refractivity contribution in [2.24, 2.45) is 0 Å². The second-order valence-electron chi connectivity index (χ2n) is 7.21. The van der Waals surface area contributed by atoms with Crippen LogP contribution in [0, 0.1) is 10.1 Å². The maximum atomic E-state index is 12.9. The van der Waals surface area contributed by atoms with Crippen LogP contribution < -0.4 is 4.74 Å². The second kappa shape index (κ2) is 10.1. The molecule has 0 bridgehead atoms. The monoisotopic (exact) mass is 440 g/mol. The molecule has 1 aliphatic rings. The van der Waals surface area contributed by atoms with Gasteiger partial charge in [-0.2, -0.15) is 0 Å². The highest BCUT2D eigenvalue weighted by molar-refractivity contribution is 6.46.